The molecule has 0 radical (unpaired) electrons. The molecule has 1 N–H and O–H groups in total. The number of nitrogens with one attached hydrogen (secondary N) is 1. The number of rotatable bonds is 6. The summed E-state index contributed by atoms with van der Waals surface area (Å²) >= 11 is 0.994. The molecule has 46 heavy (non-hydrogen) atoms. The molecule has 10 nitrogen and oxygen atoms in total. The SMILES string of the molecule is Cc1ccc(C(C)C)c(N2C(=O)CSC2=NC(=O)Nc2ccc(-c3ncn(-c4ccc(OC(F)(F)F)cn4)n3)cc2C(F)(F)F)c1. The van der Waals surface area contributed by atoms with Crippen molar-refractivity contribution in [3.05, 3.63) is 77.7 Å². The van der Waals surface area contributed by atoms with Crippen molar-refractivity contribution >= 4 is 40.2 Å². The highest BCUT2D eigenvalue weighted by Gasteiger charge is 2.36. The summed E-state index contributed by atoms with van der Waals surface area (Å²) in [5.74, 6) is -0.992. The predicted molar refractivity (Wildman–Crippen MR) is 158 cm³/mol. The van der Waals surface area contributed by atoms with E-state index >= 15 is 0 Å². The van der Waals surface area contributed by atoms with Gasteiger partial charge in [-0.2, -0.15) is 18.2 Å². The van der Waals surface area contributed by atoms with Crippen molar-refractivity contribution in [1.29, 1.82) is 0 Å². The van der Waals surface area contributed by atoms with Gasteiger partial charge in [-0.3, -0.25) is 9.69 Å². The molecule has 0 bridgehead atoms. The molecule has 5 rings (SSSR count). The summed E-state index contributed by atoms with van der Waals surface area (Å²) in [7, 11) is 0. The Kier molecular flexibility index (Phi) is 8.79. The van der Waals surface area contributed by atoms with Crippen LogP contribution in [0.1, 0.15) is 36.5 Å². The van der Waals surface area contributed by atoms with Crippen LogP contribution in [0.4, 0.5) is 42.5 Å². The molecule has 2 aromatic carbocycles. The van der Waals surface area contributed by atoms with Gasteiger partial charge in [0.15, 0.2) is 16.8 Å². The highest BCUT2D eigenvalue weighted by atomic mass is 32.2. The number of hydrogen-bond donors (Lipinski definition) is 1. The Hall–Kier alpha value is -4.93. The van der Waals surface area contributed by atoms with E-state index in [0.29, 0.717) is 5.69 Å². The molecule has 3 heterocycles. The Morgan fingerprint density at radius 1 is 1.04 bits per heavy atom. The van der Waals surface area contributed by atoms with E-state index in [1.165, 1.54) is 11.0 Å². The third-order valence-electron chi connectivity index (χ3n) is 6.52. The zero-order valence-corrected chi connectivity index (χ0v) is 25.0. The summed E-state index contributed by atoms with van der Waals surface area (Å²) in [5, 5.41) is 6.26. The average Bonchev–Trinajstić information content (AvgIpc) is 3.59. The van der Waals surface area contributed by atoms with Crippen LogP contribution < -0.4 is 15.0 Å². The molecule has 0 aliphatic carbocycles. The number of amides is 3. The second-order valence-electron chi connectivity index (χ2n) is 10.2. The maximum atomic E-state index is 14.1. The number of aliphatic imine (C=N–C) groups is 1. The predicted octanol–water partition coefficient (Wildman–Crippen LogP) is 7.35. The summed E-state index contributed by atoms with van der Waals surface area (Å²) in [4.78, 5) is 38.7. The maximum Gasteiger partial charge on any atom is 0.573 e. The zero-order chi connectivity index (χ0) is 33.4. The van der Waals surface area contributed by atoms with Crippen LogP contribution in [0.15, 0.2) is 66.0 Å². The Bertz CT molecular complexity index is 1820. The van der Waals surface area contributed by atoms with E-state index in [1.807, 2.05) is 32.9 Å². The van der Waals surface area contributed by atoms with Crippen molar-refractivity contribution in [3.63, 3.8) is 0 Å². The largest absolute Gasteiger partial charge is 0.573 e. The van der Waals surface area contributed by atoms with Crippen LogP contribution in [0.2, 0.25) is 0 Å². The second-order valence-corrected chi connectivity index (χ2v) is 11.2. The number of benzene rings is 2. The minimum Gasteiger partial charge on any atom is -0.404 e. The number of hydrogen-bond acceptors (Lipinski definition) is 7. The number of carbonyl (C=O) groups is 2. The van der Waals surface area contributed by atoms with Gasteiger partial charge in [0.2, 0.25) is 5.91 Å². The number of nitrogens with zero attached hydrogens (tertiary/aromatic N) is 6. The molecule has 1 aliphatic rings. The number of anilines is 2. The second kappa shape index (κ2) is 12.5. The molecular weight excluding hydrogens is 640 g/mol. The lowest BCUT2D eigenvalue weighted by Gasteiger charge is -2.22. The lowest BCUT2D eigenvalue weighted by molar-refractivity contribution is -0.274. The number of carbonyl (C=O) groups excluding carboxylic acids is 2. The summed E-state index contributed by atoms with van der Waals surface area (Å²) in [6.07, 6.45) is -7.91. The summed E-state index contributed by atoms with van der Waals surface area (Å²) in [5.41, 5.74) is 0.372. The molecule has 1 aliphatic heterocycles. The Morgan fingerprint density at radius 3 is 2.46 bits per heavy atom. The van der Waals surface area contributed by atoms with Crippen LogP contribution in [0, 0.1) is 6.92 Å². The molecule has 4 aromatic rings. The first kappa shape index (κ1) is 32.5. The topological polar surface area (TPSA) is 115 Å². The molecule has 2 aromatic heterocycles. The van der Waals surface area contributed by atoms with E-state index in [-0.39, 0.29) is 40.0 Å². The number of ether oxygens (including phenoxy) is 1. The molecule has 0 unspecified atom stereocenters. The number of urea groups is 1. The molecule has 1 fully saturated rings. The van der Waals surface area contributed by atoms with Crippen LogP contribution in [0.25, 0.3) is 17.2 Å². The van der Waals surface area contributed by atoms with Crippen molar-refractivity contribution in [1.82, 2.24) is 19.7 Å². The smallest absolute Gasteiger partial charge is 0.404 e. The van der Waals surface area contributed by atoms with Crippen LogP contribution in [-0.2, 0) is 11.0 Å². The molecule has 0 saturated carbocycles. The monoisotopic (exact) mass is 663 g/mol. The maximum absolute atomic E-state index is 14.1. The van der Waals surface area contributed by atoms with E-state index in [1.54, 1.807) is 6.07 Å². The first-order chi connectivity index (χ1) is 21.6. The Morgan fingerprint density at radius 2 is 1.80 bits per heavy atom. The van der Waals surface area contributed by atoms with Gasteiger partial charge in [0.05, 0.1) is 28.9 Å². The number of amidine groups is 1. The molecule has 0 spiro atoms. The van der Waals surface area contributed by atoms with Gasteiger partial charge < -0.3 is 10.1 Å². The lowest BCUT2D eigenvalue weighted by atomic mass is 9.99. The first-order valence-corrected chi connectivity index (χ1v) is 14.4. The van der Waals surface area contributed by atoms with Crippen LogP contribution in [0.3, 0.4) is 0 Å². The number of thioether (sulfide) groups is 1. The van der Waals surface area contributed by atoms with E-state index in [2.05, 4.69) is 30.1 Å². The number of halogens is 6. The fourth-order valence-electron chi connectivity index (χ4n) is 4.48. The van der Waals surface area contributed by atoms with Gasteiger partial charge in [-0.25, -0.2) is 19.4 Å². The zero-order valence-electron chi connectivity index (χ0n) is 24.1. The summed E-state index contributed by atoms with van der Waals surface area (Å²) < 4.78 is 84.4. The minimum absolute atomic E-state index is 0.000730. The number of alkyl halides is 6. The molecule has 0 atom stereocenters. The van der Waals surface area contributed by atoms with Crippen LogP contribution in [-0.4, -0.2) is 49.0 Å². The van der Waals surface area contributed by atoms with Crippen molar-refractivity contribution in [3.8, 4) is 23.0 Å². The van der Waals surface area contributed by atoms with Crippen molar-refractivity contribution < 1.29 is 40.7 Å². The van der Waals surface area contributed by atoms with Gasteiger partial charge in [0.1, 0.15) is 12.1 Å². The van der Waals surface area contributed by atoms with Crippen molar-refractivity contribution in [2.75, 3.05) is 16.0 Å². The molecule has 3 amide bonds. The van der Waals surface area contributed by atoms with Crippen LogP contribution >= 0.6 is 11.8 Å². The fraction of sp³-hybridized carbons (Fsp3) is 0.241. The summed E-state index contributed by atoms with van der Waals surface area (Å²) in [6.45, 7) is 5.73. The lowest BCUT2D eigenvalue weighted by Crippen LogP contribution is -2.31. The highest BCUT2D eigenvalue weighted by molar-refractivity contribution is 8.15. The molecule has 1 saturated heterocycles. The highest BCUT2D eigenvalue weighted by Crippen LogP contribution is 2.38. The standard InChI is InChI=1S/C29H23F6N7O3S/c1-15(2)19-7-4-16(3)10-22(19)42-24(43)13-46-27(42)39-26(44)38-21-8-5-17(11-20(21)28(30,31)32)25-37-14-41(40-25)23-9-6-18(12-36-23)45-29(33,34)35/h4-12,14-15H,13H2,1-3H3,(H,38,44). The Labute approximate surface area is 261 Å². The van der Waals surface area contributed by atoms with Gasteiger partial charge >= 0.3 is 18.6 Å². The van der Waals surface area contributed by atoms with Crippen molar-refractivity contribution in [2.45, 2.75) is 39.2 Å². The quantitative estimate of drug-likeness (QED) is 0.215. The third kappa shape index (κ3) is 7.30. The van der Waals surface area contributed by atoms with Gasteiger partial charge in [-0.1, -0.05) is 37.7 Å². The van der Waals surface area contributed by atoms with Gasteiger partial charge in [0.25, 0.3) is 0 Å². The van der Waals surface area contributed by atoms with E-state index in [0.717, 1.165) is 64.4 Å². The Balaban J connectivity index is 1.39. The molecule has 240 valence electrons. The molecule has 17 heteroatoms. The molecular formula is C29H23F6N7O3S. The van der Waals surface area contributed by atoms with Crippen LogP contribution in [0.5, 0.6) is 5.75 Å². The van der Waals surface area contributed by atoms with E-state index < -0.39 is 35.6 Å². The van der Waals surface area contributed by atoms with Gasteiger partial charge in [0, 0.05) is 5.56 Å². The third-order valence-corrected chi connectivity index (χ3v) is 7.44. The number of aryl methyl sites for hydroxylation is 1. The van der Waals surface area contributed by atoms with E-state index in [4.69, 9.17) is 0 Å². The first-order valence-electron chi connectivity index (χ1n) is 13.4. The number of aromatic nitrogens is 4. The van der Waals surface area contributed by atoms with Gasteiger partial charge in [-0.05, 0) is 60.4 Å². The number of pyridine rings is 1. The fourth-order valence-corrected chi connectivity index (χ4v) is 5.34. The average molecular weight is 664 g/mol. The summed E-state index contributed by atoms with van der Waals surface area (Å²) in [6, 6.07) is 9.57. The van der Waals surface area contributed by atoms with E-state index in [9.17, 15) is 35.9 Å². The normalized spacial score (nSPS) is 14.8. The van der Waals surface area contributed by atoms with Gasteiger partial charge in [-0.15, -0.1) is 18.3 Å². The minimum atomic E-state index is -4.91. The van der Waals surface area contributed by atoms with Crippen molar-refractivity contribution in [2.24, 2.45) is 4.99 Å².